The van der Waals surface area contributed by atoms with E-state index in [2.05, 4.69) is 333 Å². The number of hydrogen-bond acceptors (Lipinski definition) is 9. The van der Waals surface area contributed by atoms with Crippen LogP contribution in [0.1, 0.15) is 11.1 Å². The molecule has 8 aliphatic rings. The molecule has 0 unspecified atom stereocenters. The first-order chi connectivity index (χ1) is 49.1. The summed E-state index contributed by atoms with van der Waals surface area (Å²) in [5, 5.41) is 27.4. The number of anilines is 18. The fourth-order valence-corrected chi connectivity index (χ4v) is 20.2. The lowest BCUT2D eigenvalue weighted by molar-refractivity contribution is 1.22. The van der Waals surface area contributed by atoms with Gasteiger partial charge in [0.25, 0.3) is 26.9 Å². The van der Waals surface area contributed by atoms with Crippen LogP contribution in [0.5, 0.6) is 0 Å². The molecule has 0 bridgehead atoms. The van der Waals surface area contributed by atoms with E-state index < -0.39 is 0 Å². The van der Waals surface area contributed by atoms with Gasteiger partial charge in [-0.3, -0.25) is 0 Å². The molecule has 0 saturated heterocycles. The number of rotatable bonds is 4. The van der Waals surface area contributed by atoms with E-state index in [1.807, 2.05) is 11.3 Å². The van der Waals surface area contributed by atoms with Crippen LogP contribution in [-0.2, 0) is 0 Å². The van der Waals surface area contributed by atoms with Crippen LogP contribution in [0.4, 0.5) is 102 Å². The van der Waals surface area contributed by atoms with Gasteiger partial charge >= 0.3 is 0 Å². The van der Waals surface area contributed by atoms with Gasteiger partial charge in [0.05, 0.1) is 33.9 Å². The van der Waals surface area contributed by atoms with E-state index >= 15 is 0 Å². The molecule has 23 rings (SSSR count). The van der Waals surface area contributed by atoms with Gasteiger partial charge in [-0.05, 0) is 173 Å². The third kappa shape index (κ3) is 6.70. The minimum atomic E-state index is -0.267. The van der Waals surface area contributed by atoms with E-state index in [-0.39, 0.29) is 26.9 Å². The van der Waals surface area contributed by atoms with Gasteiger partial charge in [0.1, 0.15) is 12.1 Å². The van der Waals surface area contributed by atoms with Gasteiger partial charge in [-0.25, -0.2) is 0 Å². The second-order valence-corrected chi connectivity index (χ2v) is 28.2. The van der Waals surface area contributed by atoms with Crippen LogP contribution in [-0.4, -0.2) is 26.9 Å². The lowest BCUT2D eigenvalue weighted by atomic mass is 9.28. The molecule has 14 aromatic carbocycles. The molecule has 0 amide bonds. The third-order valence-electron chi connectivity index (χ3n) is 22.6. The SMILES string of the molecule is N#Cc1c2c3c4c5c1N(c1ccccc1)c1cc6sc7cc8c(cc7c6cc1B5c1ccccc1N4c1ccccc1B3c1ccccc1N2c1ccccc1)B1c2ccccc2N2c3ccccc3B3c4ccccc4N(c4ccccc4)c4c(C#N)c(c1c2c43)N8c1ccccc1. The number of fused-ring (bicyclic) bond motifs is 23. The van der Waals surface area contributed by atoms with Crippen LogP contribution in [0.2, 0.25) is 0 Å². The molecule has 13 heteroatoms. The molecule has 0 atom stereocenters. The second-order valence-electron chi connectivity index (χ2n) is 27.1. The predicted octanol–water partition coefficient (Wildman–Crippen LogP) is 13.2. The van der Waals surface area contributed by atoms with Gasteiger partial charge in [0.2, 0.25) is 0 Å². The van der Waals surface area contributed by atoms with Crippen molar-refractivity contribution >= 4 is 226 Å². The molecule has 0 fully saturated rings. The molecule has 9 heterocycles. The summed E-state index contributed by atoms with van der Waals surface area (Å²) < 4.78 is 2.29. The van der Waals surface area contributed by atoms with Crippen molar-refractivity contribution in [1.82, 2.24) is 0 Å². The zero-order valence-electron chi connectivity index (χ0n) is 53.0. The van der Waals surface area contributed by atoms with Crippen molar-refractivity contribution in [2.24, 2.45) is 0 Å². The van der Waals surface area contributed by atoms with Crippen molar-refractivity contribution in [1.29, 1.82) is 10.5 Å². The smallest absolute Gasteiger partial charge is 0.252 e. The lowest BCUT2D eigenvalue weighted by Crippen LogP contribution is -2.69. The van der Waals surface area contributed by atoms with Crippen molar-refractivity contribution < 1.29 is 0 Å². The molecule has 0 aliphatic carbocycles. The predicted molar refractivity (Wildman–Crippen MR) is 415 cm³/mol. The molecule has 1 aromatic heterocycles. The topological polar surface area (TPSA) is 67.0 Å². The van der Waals surface area contributed by atoms with E-state index in [9.17, 15) is 10.5 Å². The van der Waals surface area contributed by atoms with E-state index in [1.54, 1.807) is 0 Å². The van der Waals surface area contributed by atoms with Gasteiger partial charge in [-0.15, -0.1) is 11.3 Å². The van der Waals surface area contributed by atoms with E-state index in [1.165, 1.54) is 54.5 Å². The summed E-state index contributed by atoms with van der Waals surface area (Å²) in [5.41, 5.74) is 34.2. The lowest BCUT2D eigenvalue weighted by Gasteiger charge is -2.51. The molecule has 8 nitrogen and oxygen atoms in total. The molecular weight excluding hydrogens is 1220 g/mol. The maximum Gasteiger partial charge on any atom is 0.252 e. The Labute approximate surface area is 576 Å². The number of thiophene rings is 1. The number of para-hydroxylation sites is 10. The maximum absolute atomic E-state index is 12.5. The zero-order valence-corrected chi connectivity index (χ0v) is 53.8. The van der Waals surface area contributed by atoms with E-state index in [0.29, 0.717) is 11.1 Å². The molecule has 99 heavy (non-hydrogen) atoms. The van der Waals surface area contributed by atoms with Crippen LogP contribution in [0, 0.1) is 22.7 Å². The summed E-state index contributed by atoms with van der Waals surface area (Å²) in [6, 6.07) is 113. The van der Waals surface area contributed by atoms with Gasteiger partial charge in [0.15, 0.2) is 0 Å². The summed E-state index contributed by atoms with van der Waals surface area (Å²) in [4.78, 5) is 14.7. The largest absolute Gasteiger partial charge is 0.312 e. The Balaban J connectivity index is 0.833. The fraction of sp³-hybridized carbons (Fsp3) is 0. The third-order valence-corrected chi connectivity index (χ3v) is 23.7. The van der Waals surface area contributed by atoms with Crippen LogP contribution in [0.25, 0.3) is 20.2 Å². The molecule has 15 aromatic rings. The molecular formula is C86H48B4N8S. The Morgan fingerprint density at radius 3 is 0.737 bits per heavy atom. The van der Waals surface area contributed by atoms with Crippen molar-refractivity contribution in [3.05, 3.63) is 302 Å². The quantitative estimate of drug-likeness (QED) is 0.162. The summed E-state index contributed by atoms with van der Waals surface area (Å²) in [5.74, 6) is 0. The Morgan fingerprint density at radius 1 is 0.232 bits per heavy atom. The van der Waals surface area contributed by atoms with Crippen LogP contribution >= 0.6 is 11.3 Å². The highest BCUT2D eigenvalue weighted by Crippen LogP contribution is 2.56. The molecule has 0 N–H and O–H groups in total. The first-order valence-corrected chi connectivity index (χ1v) is 34.8. The summed E-state index contributed by atoms with van der Waals surface area (Å²) >= 11 is 1.82. The molecule has 0 saturated carbocycles. The highest BCUT2D eigenvalue weighted by atomic mass is 32.1. The van der Waals surface area contributed by atoms with Gasteiger partial charge in [-0.1, -0.05) is 194 Å². The summed E-state index contributed by atoms with van der Waals surface area (Å²) in [7, 11) is 0. The first-order valence-electron chi connectivity index (χ1n) is 34.0. The van der Waals surface area contributed by atoms with Gasteiger partial charge in [0, 0.05) is 89.0 Å². The molecule has 0 spiro atoms. The van der Waals surface area contributed by atoms with Crippen molar-refractivity contribution in [3.63, 3.8) is 0 Å². The van der Waals surface area contributed by atoms with Crippen LogP contribution in [0.15, 0.2) is 291 Å². The van der Waals surface area contributed by atoms with E-state index in [4.69, 9.17) is 0 Å². The molecule has 0 radical (unpaired) electrons. The number of hydrogen-bond donors (Lipinski definition) is 0. The molecule has 8 aliphatic heterocycles. The van der Waals surface area contributed by atoms with Crippen molar-refractivity contribution in [3.8, 4) is 12.1 Å². The molecule has 450 valence electrons. The minimum Gasteiger partial charge on any atom is -0.312 e. The van der Waals surface area contributed by atoms with Gasteiger partial charge in [-0.2, -0.15) is 10.5 Å². The number of nitriles is 2. The Bertz CT molecular complexity index is 5850. The average Bonchev–Trinajstić information content (AvgIpc) is 1.04. The monoisotopic (exact) mass is 1270 g/mol. The normalized spacial score (nSPS) is 14.2. The number of benzene rings is 14. The minimum absolute atomic E-state index is 0.163. The highest BCUT2D eigenvalue weighted by Gasteiger charge is 2.56. The summed E-state index contributed by atoms with van der Waals surface area (Å²) in [6.45, 7) is -0.860. The van der Waals surface area contributed by atoms with Crippen LogP contribution < -0.4 is 95.0 Å². The Hall–Kier alpha value is -12.7. The number of nitrogens with zero attached hydrogens (tertiary/aromatic N) is 8. The van der Waals surface area contributed by atoms with E-state index in [0.717, 1.165) is 134 Å². The van der Waals surface area contributed by atoms with Gasteiger partial charge < -0.3 is 29.4 Å². The van der Waals surface area contributed by atoms with Crippen LogP contribution in [0.3, 0.4) is 0 Å². The average molecular weight is 1270 g/mol. The Kier molecular flexibility index (Phi) is 10.6. The Morgan fingerprint density at radius 2 is 0.465 bits per heavy atom. The standard InChI is InChI=1S/C86H48B4N8S/c91-49-57-81-77-85-79-83(57)95(53-29-9-3-10-30-53)73-47-75-55(45-65(73)89(79)63-37-17-23-43-71(63)97(85)69-41-21-15-35-61(69)87(77)59-33-13-19-39-67(59)93(81)51-25-5-1-6-26-51)56-46-66-74(48-76(56)99-75)96(54-31-11-4-12-32-54)84-58(50-92)82-78-86-80(84)90(66)64-38-18-24-44-72(64)98(86)70-42-22-16-36-62(70)88(78)60-34-14-20-40-68(60)94(82)52-27-7-2-8-28-52/h1-48H. The fourth-order valence-electron chi connectivity index (χ4n) is 19.1. The second kappa shape index (κ2) is 19.5. The summed E-state index contributed by atoms with van der Waals surface area (Å²) in [6.07, 6.45) is 0. The maximum atomic E-state index is 12.5. The highest BCUT2D eigenvalue weighted by molar-refractivity contribution is 7.26. The van der Waals surface area contributed by atoms with Crippen molar-refractivity contribution in [2.45, 2.75) is 0 Å². The van der Waals surface area contributed by atoms with Crippen molar-refractivity contribution in [2.75, 3.05) is 29.4 Å². The zero-order chi connectivity index (χ0) is 64.6. The first kappa shape index (κ1) is 53.6.